The highest BCUT2D eigenvalue weighted by Crippen LogP contribution is 2.19. The smallest absolute Gasteiger partial charge is 0.191 e. The fourth-order valence-electron chi connectivity index (χ4n) is 2.77. The summed E-state index contributed by atoms with van der Waals surface area (Å²) in [5.74, 6) is -0.445. The first kappa shape index (κ1) is 19.7. The fraction of sp³-hybridized carbons (Fsp3) is 0.200. The van der Waals surface area contributed by atoms with E-state index >= 15 is 0 Å². The number of benzene rings is 2. The molecule has 8 heteroatoms. The maximum Gasteiger partial charge on any atom is 0.191 e. The average molecular weight is 402 g/mol. The van der Waals surface area contributed by atoms with Crippen molar-refractivity contribution in [3.05, 3.63) is 82.9 Å². The van der Waals surface area contributed by atoms with Crippen molar-refractivity contribution in [1.29, 1.82) is 0 Å². The Balaban J connectivity index is 1.65. The molecule has 146 valence electrons. The summed E-state index contributed by atoms with van der Waals surface area (Å²) in [6.07, 6.45) is 3.63. The predicted molar refractivity (Wildman–Crippen MR) is 108 cm³/mol. The normalized spacial score (nSPS) is 12.6. The van der Waals surface area contributed by atoms with Gasteiger partial charge in [0.15, 0.2) is 17.5 Å². The molecular formula is C20H21ClFN5O. The van der Waals surface area contributed by atoms with Crippen molar-refractivity contribution < 1.29 is 9.50 Å². The summed E-state index contributed by atoms with van der Waals surface area (Å²) >= 11 is 6.00. The Labute approximate surface area is 167 Å². The second kappa shape index (κ2) is 9.23. The van der Waals surface area contributed by atoms with Crippen LogP contribution in [0.2, 0.25) is 5.02 Å². The van der Waals surface area contributed by atoms with Crippen LogP contribution < -0.4 is 10.6 Å². The van der Waals surface area contributed by atoms with E-state index in [1.165, 1.54) is 12.1 Å². The number of hydrogen-bond acceptors (Lipinski definition) is 3. The van der Waals surface area contributed by atoms with Gasteiger partial charge in [-0.2, -0.15) is 5.10 Å². The van der Waals surface area contributed by atoms with Crippen molar-refractivity contribution in [2.75, 3.05) is 13.6 Å². The number of halogens is 2. The van der Waals surface area contributed by atoms with Crippen LogP contribution in [0.5, 0.6) is 5.75 Å². The summed E-state index contributed by atoms with van der Waals surface area (Å²) in [6.45, 7) is 0.900. The quantitative estimate of drug-likeness (QED) is 0.437. The number of aromatic nitrogens is 2. The number of phenols is 1. The van der Waals surface area contributed by atoms with Crippen molar-refractivity contribution >= 4 is 17.6 Å². The highest BCUT2D eigenvalue weighted by Gasteiger charge is 2.15. The SMILES string of the molecule is CN=C(NCc1ccc(O)c(F)c1)NCC(c1ccc(Cl)cc1)n1cccn1. The van der Waals surface area contributed by atoms with E-state index in [2.05, 4.69) is 20.7 Å². The van der Waals surface area contributed by atoms with E-state index in [1.54, 1.807) is 19.3 Å². The van der Waals surface area contributed by atoms with E-state index in [0.29, 0.717) is 29.6 Å². The van der Waals surface area contributed by atoms with Crippen LogP contribution in [0.25, 0.3) is 0 Å². The largest absolute Gasteiger partial charge is 0.505 e. The number of nitrogens with zero attached hydrogens (tertiary/aromatic N) is 3. The number of aliphatic imine (C=N–C) groups is 1. The van der Waals surface area contributed by atoms with Crippen LogP contribution in [0.15, 0.2) is 65.9 Å². The lowest BCUT2D eigenvalue weighted by Crippen LogP contribution is -2.40. The van der Waals surface area contributed by atoms with Gasteiger partial charge in [-0.15, -0.1) is 0 Å². The Morgan fingerprint density at radius 1 is 1.25 bits per heavy atom. The Morgan fingerprint density at radius 3 is 2.68 bits per heavy atom. The second-order valence-corrected chi connectivity index (χ2v) is 6.58. The number of aromatic hydroxyl groups is 1. The van der Waals surface area contributed by atoms with Gasteiger partial charge in [-0.3, -0.25) is 9.67 Å². The molecule has 0 saturated carbocycles. The second-order valence-electron chi connectivity index (χ2n) is 6.15. The molecule has 0 fully saturated rings. The Bertz CT molecular complexity index is 928. The molecule has 0 saturated heterocycles. The monoisotopic (exact) mass is 401 g/mol. The molecule has 1 heterocycles. The van der Waals surface area contributed by atoms with Gasteiger partial charge in [0.1, 0.15) is 0 Å². The molecule has 0 radical (unpaired) electrons. The zero-order valence-corrected chi connectivity index (χ0v) is 16.1. The average Bonchev–Trinajstić information content (AvgIpc) is 3.23. The number of rotatable bonds is 6. The lowest BCUT2D eigenvalue weighted by molar-refractivity contribution is 0.431. The summed E-state index contributed by atoms with van der Waals surface area (Å²) < 4.78 is 15.3. The predicted octanol–water partition coefficient (Wildman–Crippen LogP) is 3.34. The Kier molecular flexibility index (Phi) is 6.49. The molecule has 28 heavy (non-hydrogen) atoms. The molecule has 3 aromatic rings. The molecule has 0 amide bonds. The summed E-state index contributed by atoms with van der Waals surface area (Å²) in [6, 6.07) is 13.7. The van der Waals surface area contributed by atoms with Crippen LogP contribution in [-0.2, 0) is 6.54 Å². The number of hydrogen-bond donors (Lipinski definition) is 3. The van der Waals surface area contributed by atoms with Gasteiger partial charge in [-0.05, 0) is 41.5 Å². The van der Waals surface area contributed by atoms with E-state index < -0.39 is 5.82 Å². The standard InChI is InChI=1S/C20H21ClFN5O/c1-23-20(24-12-14-3-8-19(28)17(22)11-14)25-13-18(27-10-2-9-26-27)15-4-6-16(21)7-5-15/h2-11,18,28H,12-13H2,1H3,(H2,23,24,25). The topological polar surface area (TPSA) is 74.5 Å². The van der Waals surface area contributed by atoms with Gasteiger partial charge < -0.3 is 15.7 Å². The molecule has 6 nitrogen and oxygen atoms in total. The lowest BCUT2D eigenvalue weighted by Gasteiger charge is -2.21. The Hall–Kier alpha value is -3.06. The van der Waals surface area contributed by atoms with Gasteiger partial charge in [0.25, 0.3) is 0 Å². The summed E-state index contributed by atoms with van der Waals surface area (Å²) in [7, 11) is 1.66. The minimum absolute atomic E-state index is 0.0584. The van der Waals surface area contributed by atoms with Gasteiger partial charge in [0, 0.05) is 37.6 Å². The van der Waals surface area contributed by atoms with Gasteiger partial charge in [-0.1, -0.05) is 29.8 Å². The molecule has 3 rings (SSSR count). The molecule has 1 aromatic heterocycles. The summed E-state index contributed by atoms with van der Waals surface area (Å²) in [4.78, 5) is 4.20. The summed E-state index contributed by atoms with van der Waals surface area (Å²) in [5.41, 5.74) is 1.75. The van der Waals surface area contributed by atoms with Gasteiger partial charge >= 0.3 is 0 Å². The van der Waals surface area contributed by atoms with Crippen LogP contribution in [0.4, 0.5) is 4.39 Å². The first-order chi connectivity index (χ1) is 13.6. The van der Waals surface area contributed by atoms with Crippen molar-refractivity contribution in [2.45, 2.75) is 12.6 Å². The Morgan fingerprint density at radius 2 is 2.04 bits per heavy atom. The molecule has 2 aromatic carbocycles. The van der Waals surface area contributed by atoms with Crippen molar-refractivity contribution in [3.8, 4) is 5.75 Å². The lowest BCUT2D eigenvalue weighted by atomic mass is 10.1. The van der Waals surface area contributed by atoms with Crippen LogP contribution >= 0.6 is 11.6 Å². The molecule has 3 N–H and O–H groups in total. The molecule has 1 atom stereocenters. The van der Waals surface area contributed by atoms with E-state index in [4.69, 9.17) is 11.6 Å². The molecule has 0 spiro atoms. The number of guanidine groups is 1. The van der Waals surface area contributed by atoms with Crippen LogP contribution in [0.3, 0.4) is 0 Å². The fourth-order valence-corrected chi connectivity index (χ4v) is 2.90. The van der Waals surface area contributed by atoms with Crippen LogP contribution in [0, 0.1) is 5.82 Å². The third kappa shape index (κ3) is 5.01. The molecular weight excluding hydrogens is 381 g/mol. The first-order valence-corrected chi connectivity index (χ1v) is 9.11. The zero-order chi connectivity index (χ0) is 19.9. The number of nitrogens with one attached hydrogen (secondary N) is 2. The zero-order valence-electron chi connectivity index (χ0n) is 15.3. The van der Waals surface area contributed by atoms with E-state index in [9.17, 15) is 9.50 Å². The third-order valence-corrected chi connectivity index (χ3v) is 4.51. The summed E-state index contributed by atoms with van der Waals surface area (Å²) in [5, 5.41) is 20.7. The highest BCUT2D eigenvalue weighted by molar-refractivity contribution is 6.30. The van der Waals surface area contributed by atoms with Crippen LogP contribution in [-0.4, -0.2) is 34.4 Å². The van der Waals surface area contributed by atoms with Gasteiger partial charge in [0.05, 0.1) is 6.04 Å². The molecule has 0 aliphatic rings. The molecule has 1 unspecified atom stereocenters. The molecule has 0 aliphatic carbocycles. The van der Waals surface area contributed by atoms with E-state index in [1.807, 2.05) is 41.2 Å². The van der Waals surface area contributed by atoms with Gasteiger partial charge in [0.2, 0.25) is 0 Å². The molecule has 0 aliphatic heterocycles. The van der Waals surface area contributed by atoms with Crippen LogP contribution in [0.1, 0.15) is 17.2 Å². The maximum atomic E-state index is 13.5. The minimum atomic E-state index is -0.649. The first-order valence-electron chi connectivity index (χ1n) is 8.73. The van der Waals surface area contributed by atoms with E-state index in [-0.39, 0.29) is 11.8 Å². The van der Waals surface area contributed by atoms with E-state index in [0.717, 1.165) is 5.56 Å². The number of phenolic OH excluding ortho intramolecular Hbond substituents is 1. The minimum Gasteiger partial charge on any atom is -0.505 e. The van der Waals surface area contributed by atoms with Crippen molar-refractivity contribution in [3.63, 3.8) is 0 Å². The highest BCUT2D eigenvalue weighted by atomic mass is 35.5. The van der Waals surface area contributed by atoms with Crippen molar-refractivity contribution in [1.82, 2.24) is 20.4 Å². The molecule has 0 bridgehead atoms. The van der Waals surface area contributed by atoms with Crippen molar-refractivity contribution in [2.24, 2.45) is 4.99 Å². The van der Waals surface area contributed by atoms with Gasteiger partial charge in [-0.25, -0.2) is 4.39 Å². The third-order valence-electron chi connectivity index (χ3n) is 4.26. The maximum absolute atomic E-state index is 13.5.